The number of benzene rings is 1. The van der Waals surface area contributed by atoms with Crippen molar-refractivity contribution in [2.45, 2.75) is 24.8 Å². The molecule has 0 radical (unpaired) electrons. The molecule has 1 saturated heterocycles. The number of nitrogens with zero attached hydrogens (tertiary/aromatic N) is 3. The van der Waals surface area contributed by atoms with Crippen LogP contribution in [0.1, 0.15) is 12.5 Å². The van der Waals surface area contributed by atoms with Crippen molar-refractivity contribution in [3.8, 4) is 0 Å². The summed E-state index contributed by atoms with van der Waals surface area (Å²) in [5.41, 5.74) is 1.27. The fourth-order valence-electron chi connectivity index (χ4n) is 2.80. The van der Waals surface area contributed by atoms with Crippen molar-refractivity contribution in [1.29, 1.82) is 0 Å². The number of rotatable bonds is 7. The number of likely N-dealkylation sites (N-methyl/N-ethyl adjacent to an activating group) is 1. The van der Waals surface area contributed by atoms with Gasteiger partial charge < -0.3 is 15.1 Å². The molecule has 1 atom stereocenters. The monoisotopic (exact) mass is 364 g/mol. The van der Waals surface area contributed by atoms with Crippen LogP contribution in [0.2, 0.25) is 0 Å². The Balaban J connectivity index is 1.63. The zero-order valence-corrected chi connectivity index (χ0v) is 16.8. The first-order valence-corrected chi connectivity index (χ1v) is 10.1. The number of aryl methyl sites for hydroxylation is 1. The van der Waals surface area contributed by atoms with Crippen LogP contribution in [0.3, 0.4) is 0 Å². The highest BCUT2D eigenvalue weighted by Crippen LogP contribution is 2.18. The van der Waals surface area contributed by atoms with E-state index in [0.29, 0.717) is 12.6 Å². The Morgan fingerprint density at radius 3 is 2.52 bits per heavy atom. The number of hydrogen-bond donors (Lipinski definition) is 1. The summed E-state index contributed by atoms with van der Waals surface area (Å²) in [5, 5.41) is 3.07. The molecule has 25 heavy (non-hydrogen) atoms. The van der Waals surface area contributed by atoms with Gasteiger partial charge in [-0.25, -0.2) is 4.79 Å². The number of piperazine rings is 1. The molecular formula is C19H32N4OS. The van der Waals surface area contributed by atoms with Crippen LogP contribution in [-0.2, 0) is 0 Å². The van der Waals surface area contributed by atoms with Crippen molar-refractivity contribution in [3.63, 3.8) is 0 Å². The van der Waals surface area contributed by atoms with Gasteiger partial charge in [0.1, 0.15) is 0 Å². The topological polar surface area (TPSA) is 38.8 Å². The van der Waals surface area contributed by atoms with E-state index in [1.807, 2.05) is 7.05 Å². The molecule has 1 heterocycles. The average Bonchev–Trinajstić information content (AvgIpc) is 2.61. The summed E-state index contributed by atoms with van der Waals surface area (Å²) in [6.45, 7) is 10.1. The number of carbonyl (C=O) groups excluding carboxylic acids is 1. The second-order valence-electron chi connectivity index (χ2n) is 6.96. The van der Waals surface area contributed by atoms with Crippen LogP contribution in [-0.4, -0.2) is 85.9 Å². The highest BCUT2D eigenvalue weighted by atomic mass is 32.2. The van der Waals surface area contributed by atoms with E-state index in [-0.39, 0.29) is 6.03 Å². The van der Waals surface area contributed by atoms with Gasteiger partial charge in [-0.3, -0.25) is 4.90 Å². The van der Waals surface area contributed by atoms with Gasteiger partial charge in [0.05, 0.1) is 0 Å². The molecule has 2 rings (SSSR count). The van der Waals surface area contributed by atoms with Crippen molar-refractivity contribution in [2.75, 3.05) is 59.1 Å². The van der Waals surface area contributed by atoms with E-state index in [4.69, 9.17) is 0 Å². The summed E-state index contributed by atoms with van der Waals surface area (Å²) < 4.78 is 0. The average molecular weight is 365 g/mol. The molecule has 2 amide bonds. The molecule has 1 fully saturated rings. The fraction of sp³-hybridized carbons (Fsp3) is 0.632. The zero-order chi connectivity index (χ0) is 18.2. The lowest BCUT2D eigenvalue weighted by molar-refractivity contribution is 0.117. The standard InChI is InChI=1S/C19H32N4OS/c1-16-5-7-18(8-6-16)25-14-13-22(4)19(24)20-15-17(2)23-11-9-21(3)10-12-23/h5-8,17H,9-15H2,1-4H3,(H,20,24)/t17-/m1/s1. The molecule has 0 unspecified atom stereocenters. The maximum absolute atomic E-state index is 12.2. The minimum absolute atomic E-state index is 0.0190. The van der Waals surface area contributed by atoms with Gasteiger partial charge in [-0.05, 0) is 33.0 Å². The smallest absolute Gasteiger partial charge is 0.317 e. The summed E-state index contributed by atoms with van der Waals surface area (Å²) in [6.07, 6.45) is 0. The minimum atomic E-state index is 0.0190. The normalized spacial score (nSPS) is 17.3. The number of thioether (sulfide) groups is 1. The number of amides is 2. The summed E-state index contributed by atoms with van der Waals surface area (Å²) in [4.78, 5) is 20.1. The summed E-state index contributed by atoms with van der Waals surface area (Å²) in [6, 6.07) is 8.92. The first kappa shape index (κ1) is 20.1. The van der Waals surface area contributed by atoms with Gasteiger partial charge in [0.15, 0.2) is 0 Å². The molecule has 1 aromatic rings. The van der Waals surface area contributed by atoms with E-state index in [9.17, 15) is 4.79 Å². The van der Waals surface area contributed by atoms with Gasteiger partial charge in [-0.1, -0.05) is 17.7 Å². The summed E-state index contributed by atoms with van der Waals surface area (Å²) >= 11 is 1.79. The second kappa shape index (κ2) is 10.0. The van der Waals surface area contributed by atoms with E-state index < -0.39 is 0 Å². The lowest BCUT2D eigenvalue weighted by atomic mass is 10.2. The third-order valence-electron chi connectivity index (χ3n) is 4.77. The quantitative estimate of drug-likeness (QED) is 0.754. The molecule has 140 valence electrons. The predicted molar refractivity (Wildman–Crippen MR) is 106 cm³/mol. The summed E-state index contributed by atoms with van der Waals surface area (Å²) in [7, 11) is 4.03. The number of nitrogens with one attached hydrogen (secondary N) is 1. The number of urea groups is 1. The molecule has 1 aromatic carbocycles. The molecule has 0 spiro atoms. The molecule has 1 aliphatic rings. The van der Waals surface area contributed by atoms with E-state index in [0.717, 1.165) is 38.5 Å². The molecular weight excluding hydrogens is 332 g/mol. The molecule has 1 aliphatic heterocycles. The predicted octanol–water partition coefficient (Wildman–Crippen LogP) is 2.36. The van der Waals surface area contributed by atoms with Crippen molar-refractivity contribution in [1.82, 2.24) is 20.0 Å². The number of carbonyl (C=O) groups is 1. The highest BCUT2D eigenvalue weighted by molar-refractivity contribution is 7.99. The third kappa shape index (κ3) is 6.88. The Morgan fingerprint density at radius 2 is 1.88 bits per heavy atom. The third-order valence-corrected chi connectivity index (χ3v) is 5.77. The Bertz CT molecular complexity index is 529. The molecule has 0 bridgehead atoms. The van der Waals surface area contributed by atoms with E-state index in [1.165, 1.54) is 10.5 Å². The van der Waals surface area contributed by atoms with E-state index >= 15 is 0 Å². The van der Waals surface area contributed by atoms with Crippen molar-refractivity contribution in [2.24, 2.45) is 0 Å². The van der Waals surface area contributed by atoms with E-state index in [1.54, 1.807) is 16.7 Å². The molecule has 6 heteroatoms. The van der Waals surface area contributed by atoms with Crippen molar-refractivity contribution in [3.05, 3.63) is 29.8 Å². The Labute approximate surface area is 156 Å². The fourth-order valence-corrected chi connectivity index (χ4v) is 3.73. The SMILES string of the molecule is Cc1ccc(SCCN(C)C(=O)NC[C@@H](C)N2CCN(C)CC2)cc1. The van der Waals surface area contributed by atoms with Gasteiger partial charge >= 0.3 is 6.03 Å². The van der Waals surface area contributed by atoms with Crippen LogP contribution in [0.15, 0.2) is 29.2 Å². The van der Waals surface area contributed by atoms with E-state index in [2.05, 4.69) is 60.3 Å². The van der Waals surface area contributed by atoms with Crippen LogP contribution < -0.4 is 5.32 Å². The maximum atomic E-state index is 12.2. The van der Waals surface area contributed by atoms with Crippen LogP contribution in [0.25, 0.3) is 0 Å². The van der Waals surface area contributed by atoms with Gasteiger partial charge in [-0.2, -0.15) is 0 Å². The highest BCUT2D eigenvalue weighted by Gasteiger charge is 2.19. The van der Waals surface area contributed by atoms with Gasteiger partial charge in [0, 0.05) is 63.0 Å². The van der Waals surface area contributed by atoms with Crippen molar-refractivity contribution < 1.29 is 4.79 Å². The zero-order valence-electron chi connectivity index (χ0n) is 16.0. The first-order valence-electron chi connectivity index (χ1n) is 9.06. The lowest BCUT2D eigenvalue weighted by Gasteiger charge is -2.36. The van der Waals surface area contributed by atoms with Crippen LogP contribution in [0.5, 0.6) is 0 Å². The van der Waals surface area contributed by atoms with Crippen LogP contribution >= 0.6 is 11.8 Å². The Hall–Kier alpha value is -1.24. The largest absolute Gasteiger partial charge is 0.336 e. The molecule has 0 aromatic heterocycles. The van der Waals surface area contributed by atoms with Gasteiger partial charge in [0.2, 0.25) is 0 Å². The Morgan fingerprint density at radius 1 is 1.24 bits per heavy atom. The summed E-state index contributed by atoms with van der Waals surface area (Å²) in [5.74, 6) is 0.904. The molecule has 0 aliphatic carbocycles. The molecule has 5 nitrogen and oxygen atoms in total. The molecule has 0 saturated carbocycles. The number of hydrogen-bond acceptors (Lipinski definition) is 4. The lowest BCUT2D eigenvalue weighted by Crippen LogP contribution is -2.52. The van der Waals surface area contributed by atoms with Crippen LogP contribution in [0, 0.1) is 6.92 Å². The van der Waals surface area contributed by atoms with Crippen molar-refractivity contribution >= 4 is 17.8 Å². The minimum Gasteiger partial charge on any atom is -0.336 e. The van der Waals surface area contributed by atoms with Gasteiger partial charge in [-0.15, -0.1) is 11.8 Å². The first-order chi connectivity index (χ1) is 12.0. The van der Waals surface area contributed by atoms with Crippen LogP contribution in [0.4, 0.5) is 4.79 Å². The Kier molecular flexibility index (Phi) is 8.06. The maximum Gasteiger partial charge on any atom is 0.317 e. The second-order valence-corrected chi connectivity index (χ2v) is 8.13. The van der Waals surface area contributed by atoms with Gasteiger partial charge in [0.25, 0.3) is 0 Å². The molecule has 1 N–H and O–H groups in total.